The highest BCUT2D eigenvalue weighted by molar-refractivity contribution is 5.67. The van der Waals surface area contributed by atoms with E-state index in [1.807, 2.05) is 21.1 Å². The summed E-state index contributed by atoms with van der Waals surface area (Å²) in [6, 6.07) is 0.299. The molecule has 0 aliphatic carbocycles. The standard InChI is InChI=1S/C11H23N3O2/c1-13(2)5-4-9-11(12)8(6-10(15)16)7-14(9)3/h8-9,11H,4-7,12H2,1-3H3,(H,15,16). The highest BCUT2D eigenvalue weighted by Crippen LogP contribution is 2.25. The second-order valence-corrected chi connectivity index (χ2v) is 5.03. The van der Waals surface area contributed by atoms with E-state index in [0.29, 0.717) is 6.04 Å². The maximum Gasteiger partial charge on any atom is 0.303 e. The number of carboxylic acid groups (broad SMARTS) is 1. The van der Waals surface area contributed by atoms with Gasteiger partial charge in [0.25, 0.3) is 0 Å². The molecular weight excluding hydrogens is 206 g/mol. The van der Waals surface area contributed by atoms with Crippen molar-refractivity contribution in [2.45, 2.75) is 24.9 Å². The Labute approximate surface area is 97.2 Å². The monoisotopic (exact) mass is 229 g/mol. The predicted molar refractivity (Wildman–Crippen MR) is 63.3 cm³/mol. The third-order valence-corrected chi connectivity index (χ3v) is 3.39. The molecular formula is C11H23N3O2. The van der Waals surface area contributed by atoms with Gasteiger partial charge in [0.1, 0.15) is 0 Å². The molecule has 0 radical (unpaired) electrons. The summed E-state index contributed by atoms with van der Waals surface area (Å²) in [6.45, 7) is 1.79. The van der Waals surface area contributed by atoms with Gasteiger partial charge in [0, 0.05) is 18.6 Å². The van der Waals surface area contributed by atoms with Gasteiger partial charge in [-0.1, -0.05) is 0 Å². The van der Waals surface area contributed by atoms with Crippen LogP contribution in [0.15, 0.2) is 0 Å². The molecule has 0 spiro atoms. The van der Waals surface area contributed by atoms with Gasteiger partial charge in [-0.05, 0) is 40.0 Å². The minimum atomic E-state index is -0.748. The van der Waals surface area contributed by atoms with Crippen LogP contribution in [0.3, 0.4) is 0 Å². The van der Waals surface area contributed by atoms with E-state index in [0.717, 1.165) is 19.5 Å². The minimum absolute atomic E-state index is 0.0129. The van der Waals surface area contributed by atoms with E-state index < -0.39 is 5.97 Å². The van der Waals surface area contributed by atoms with Crippen LogP contribution < -0.4 is 5.73 Å². The molecule has 1 saturated heterocycles. The third-order valence-electron chi connectivity index (χ3n) is 3.39. The van der Waals surface area contributed by atoms with Gasteiger partial charge in [-0.2, -0.15) is 0 Å². The highest BCUT2D eigenvalue weighted by Gasteiger charge is 2.37. The van der Waals surface area contributed by atoms with Crippen LogP contribution >= 0.6 is 0 Å². The Morgan fingerprint density at radius 3 is 2.69 bits per heavy atom. The minimum Gasteiger partial charge on any atom is -0.481 e. The van der Waals surface area contributed by atoms with Gasteiger partial charge in [-0.25, -0.2) is 0 Å². The maximum absolute atomic E-state index is 10.7. The summed E-state index contributed by atoms with van der Waals surface area (Å²) in [4.78, 5) is 15.0. The lowest BCUT2D eigenvalue weighted by Gasteiger charge is -2.24. The zero-order chi connectivity index (χ0) is 12.3. The molecule has 5 nitrogen and oxygen atoms in total. The van der Waals surface area contributed by atoms with Crippen molar-refractivity contribution < 1.29 is 9.90 Å². The molecule has 1 heterocycles. The molecule has 0 saturated carbocycles. The Morgan fingerprint density at radius 1 is 1.56 bits per heavy atom. The van der Waals surface area contributed by atoms with Crippen LogP contribution in [0.1, 0.15) is 12.8 Å². The van der Waals surface area contributed by atoms with Crippen molar-refractivity contribution in [3.8, 4) is 0 Å². The molecule has 1 rings (SSSR count). The predicted octanol–water partition coefficient (Wildman–Crippen LogP) is -0.330. The van der Waals surface area contributed by atoms with E-state index in [1.165, 1.54) is 0 Å². The van der Waals surface area contributed by atoms with Gasteiger partial charge in [0.2, 0.25) is 0 Å². The number of likely N-dealkylation sites (N-methyl/N-ethyl adjacent to an activating group) is 1. The topological polar surface area (TPSA) is 69.8 Å². The zero-order valence-corrected chi connectivity index (χ0v) is 10.4. The van der Waals surface area contributed by atoms with Crippen molar-refractivity contribution in [1.29, 1.82) is 0 Å². The Balaban J connectivity index is 2.49. The molecule has 1 aliphatic heterocycles. The van der Waals surface area contributed by atoms with E-state index in [9.17, 15) is 4.79 Å². The average Bonchev–Trinajstić information content (AvgIpc) is 2.39. The van der Waals surface area contributed by atoms with Gasteiger partial charge in [0.15, 0.2) is 0 Å². The van der Waals surface area contributed by atoms with Crippen LogP contribution in [0.5, 0.6) is 0 Å². The highest BCUT2D eigenvalue weighted by atomic mass is 16.4. The molecule has 1 fully saturated rings. The molecule has 3 atom stereocenters. The summed E-state index contributed by atoms with van der Waals surface area (Å²) >= 11 is 0. The van der Waals surface area contributed by atoms with Crippen molar-refractivity contribution in [2.75, 3.05) is 34.2 Å². The van der Waals surface area contributed by atoms with E-state index in [4.69, 9.17) is 10.8 Å². The van der Waals surface area contributed by atoms with Gasteiger partial charge < -0.3 is 20.6 Å². The lowest BCUT2D eigenvalue weighted by molar-refractivity contribution is -0.138. The first-order valence-corrected chi connectivity index (χ1v) is 5.74. The van der Waals surface area contributed by atoms with Gasteiger partial charge in [-0.3, -0.25) is 4.79 Å². The summed E-state index contributed by atoms with van der Waals surface area (Å²) in [5.74, 6) is -0.656. The fraction of sp³-hybridized carbons (Fsp3) is 0.909. The second kappa shape index (κ2) is 5.61. The van der Waals surface area contributed by atoms with Gasteiger partial charge >= 0.3 is 5.97 Å². The molecule has 5 heteroatoms. The van der Waals surface area contributed by atoms with Gasteiger partial charge in [0.05, 0.1) is 6.42 Å². The first-order chi connectivity index (χ1) is 7.41. The normalized spacial score (nSPS) is 31.2. The van der Waals surface area contributed by atoms with Crippen molar-refractivity contribution >= 4 is 5.97 Å². The third kappa shape index (κ3) is 3.43. The average molecular weight is 229 g/mol. The molecule has 16 heavy (non-hydrogen) atoms. The van der Waals surface area contributed by atoms with Crippen LogP contribution in [0, 0.1) is 5.92 Å². The SMILES string of the molecule is CN(C)CCC1C(N)C(CC(=O)O)CN1C. The van der Waals surface area contributed by atoms with Crippen molar-refractivity contribution in [1.82, 2.24) is 9.80 Å². The number of aliphatic carboxylic acids is 1. The second-order valence-electron chi connectivity index (χ2n) is 5.03. The molecule has 3 N–H and O–H groups in total. The fourth-order valence-corrected chi connectivity index (χ4v) is 2.46. The number of nitrogens with two attached hydrogens (primary N) is 1. The van der Waals surface area contributed by atoms with Crippen LogP contribution in [0.2, 0.25) is 0 Å². The van der Waals surface area contributed by atoms with Crippen molar-refractivity contribution in [3.63, 3.8) is 0 Å². The fourth-order valence-electron chi connectivity index (χ4n) is 2.46. The Kier molecular flexibility index (Phi) is 4.70. The molecule has 0 aromatic heterocycles. The quantitative estimate of drug-likeness (QED) is 0.675. The molecule has 3 unspecified atom stereocenters. The molecule has 0 aromatic carbocycles. The summed E-state index contributed by atoms with van der Waals surface area (Å²) < 4.78 is 0. The number of carboxylic acids is 1. The Bertz CT molecular complexity index is 245. The lowest BCUT2D eigenvalue weighted by Crippen LogP contribution is -2.41. The smallest absolute Gasteiger partial charge is 0.303 e. The summed E-state index contributed by atoms with van der Waals surface area (Å²) in [5, 5.41) is 8.80. The lowest BCUT2D eigenvalue weighted by atomic mass is 9.95. The number of hydrogen-bond acceptors (Lipinski definition) is 4. The van der Waals surface area contributed by atoms with E-state index in [-0.39, 0.29) is 18.4 Å². The number of nitrogens with zero attached hydrogens (tertiary/aromatic N) is 2. The largest absolute Gasteiger partial charge is 0.481 e. The Hall–Kier alpha value is -0.650. The number of hydrogen-bond donors (Lipinski definition) is 2. The molecule has 94 valence electrons. The van der Waals surface area contributed by atoms with Crippen LogP contribution in [-0.4, -0.2) is 67.2 Å². The number of likely N-dealkylation sites (tertiary alicyclic amines) is 1. The van der Waals surface area contributed by atoms with Crippen LogP contribution in [0.25, 0.3) is 0 Å². The molecule has 1 aliphatic rings. The maximum atomic E-state index is 10.7. The van der Waals surface area contributed by atoms with E-state index >= 15 is 0 Å². The first-order valence-electron chi connectivity index (χ1n) is 5.74. The van der Waals surface area contributed by atoms with Gasteiger partial charge in [-0.15, -0.1) is 0 Å². The number of rotatable bonds is 5. The molecule has 0 aromatic rings. The van der Waals surface area contributed by atoms with Crippen molar-refractivity contribution in [3.05, 3.63) is 0 Å². The molecule has 0 amide bonds. The van der Waals surface area contributed by atoms with E-state index in [1.54, 1.807) is 0 Å². The van der Waals surface area contributed by atoms with Crippen molar-refractivity contribution in [2.24, 2.45) is 11.7 Å². The van der Waals surface area contributed by atoms with Crippen LogP contribution in [0.4, 0.5) is 0 Å². The zero-order valence-electron chi connectivity index (χ0n) is 10.4. The van der Waals surface area contributed by atoms with E-state index in [2.05, 4.69) is 9.80 Å². The Morgan fingerprint density at radius 2 is 2.19 bits per heavy atom. The summed E-state index contributed by atoms with van der Waals surface area (Å²) in [5.41, 5.74) is 6.12. The van der Waals surface area contributed by atoms with Crippen LogP contribution in [-0.2, 0) is 4.79 Å². The number of carbonyl (C=O) groups is 1. The summed E-state index contributed by atoms with van der Waals surface area (Å²) in [7, 11) is 6.10. The summed E-state index contributed by atoms with van der Waals surface area (Å²) in [6.07, 6.45) is 1.19. The first kappa shape index (κ1) is 13.4. The molecule has 0 bridgehead atoms.